The minimum Gasteiger partial charge on any atom is -0.504 e. The number of methoxy groups -OCH3 is 1. The molecule has 7 heterocycles. The SMILES string of the molecule is COc1cc(C(=O)O[C@H]2C[C@]3(OC[C@H]2C)O[C@@H]2[C@@H]4[C@H](C[C@H](O)[C@]2(O)C3=O)[C@@H](O[C@@H]2O[C@H](C)[C@@H](O)[C@H](O)[C@H]2O[C@@H]2O[C@H](CO)[C@@H](O)[C@H](O[C@@H]3O[C@@H](C)[C@H](O)[C@@H](O)[C@H]3O)[C@H]2O[C@@H]2O[C@@H](C)[C@H](O)[C@@H](O)[C@H]2O)C[S@]4=O)ccc1O. The Bertz CT molecular complexity index is 2270. The zero-order valence-electron chi connectivity index (χ0n) is 41.7. The van der Waals surface area contributed by atoms with E-state index in [4.69, 9.17) is 56.8 Å². The number of aliphatic hydroxyl groups excluding tert-OH is 11. The molecule has 9 rings (SSSR count). The summed E-state index contributed by atoms with van der Waals surface area (Å²) in [6, 6.07) is 3.79. The molecule has 0 amide bonds. The molecule has 29 heteroatoms. The van der Waals surface area contributed by atoms with Gasteiger partial charge in [0, 0.05) is 29.1 Å². The van der Waals surface area contributed by atoms with Crippen LogP contribution in [0.5, 0.6) is 11.5 Å². The molecule has 7 saturated heterocycles. The van der Waals surface area contributed by atoms with Gasteiger partial charge in [0.1, 0.15) is 91.6 Å². The number of carbonyl (C=O) groups excluding carboxylic acids is 2. The summed E-state index contributed by atoms with van der Waals surface area (Å²) in [5, 5.41) is 142. The van der Waals surface area contributed by atoms with Gasteiger partial charge in [0.15, 0.2) is 42.3 Å². The number of fused-ring (bicyclic) bond motifs is 3. The van der Waals surface area contributed by atoms with Gasteiger partial charge in [-0.1, -0.05) is 6.92 Å². The molecule has 76 heavy (non-hydrogen) atoms. The van der Waals surface area contributed by atoms with E-state index in [-0.39, 0.29) is 29.4 Å². The van der Waals surface area contributed by atoms with Gasteiger partial charge in [0.2, 0.25) is 11.6 Å². The smallest absolute Gasteiger partial charge is 0.338 e. The maximum atomic E-state index is 14.5. The number of ketones is 1. The van der Waals surface area contributed by atoms with Gasteiger partial charge in [0.25, 0.3) is 0 Å². The average molecular weight is 1110 g/mol. The number of aliphatic hydroxyl groups is 12. The number of hydrogen-bond donors (Lipinski definition) is 13. The van der Waals surface area contributed by atoms with Crippen molar-refractivity contribution in [3.8, 4) is 11.5 Å². The summed E-state index contributed by atoms with van der Waals surface area (Å²) in [5.41, 5.74) is -2.69. The molecule has 0 bridgehead atoms. The van der Waals surface area contributed by atoms with E-state index < -0.39 is 218 Å². The summed E-state index contributed by atoms with van der Waals surface area (Å²) < 4.78 is 85.8. The molecular formula is C47H68O28S. The van der Waals surface area contributed by atoms with Crippen LogP contribution in [-0.2, 0) is 67.7 Å². The highest BCUT2D eigenvalue weighted by atomic mass is 32.2. The van der Waals surface area contributed by atoms with Crippen molar-refractivity contribution in [2.24, 2.45) is 11.8 Å². The zero-order valence-corrected chi connectivity index (χ0v) is 42.5. The van der Waals surface area contributed by atoms with Gasteiger partial charge in [-0.05, 0) is 45.4 Å². The van der Waals surface area contributed by atoms with Gasteiger partial charge in [-0.15, -0.1) is 0 Å². The topological polar surface area (TPSA) is 425 Å². The summed E-state index contributed by atoms with van der Waals surface area (Å²) in [4.78, 5) is 27.8. The molecule has 13 N–H and O–H groups in total. The molecule has 0 aromatic heterocycles. The first-order chi connectivity index (χ1) is 35.8. The van der Waals surface area contributed by atoms with Crippen LogP contribution in [0.1, 0.15) is 50.9 Å². The van der Waals surface area contributed by atoms with Gasteiger partial charge < -0.3 is 123 Å². The largest absolute Gasteiger partial charge is 0.504 e. The van der Waals surface area contributed by atoms with Crippen LogP contribution >= 0.6 is 0 Å². The Kier molecular flexibility index (Phi) is 17.0. The van der Waals surface area contributed by atoms with Crippen molar-refractivity contribution in [3.63, 3.8) is 0 Å². The fraction of sp³-hybridized carbons (Fsp3) is 0.830. The second kappa shape index (κ2) is 22.3. The Hall–Kier alpha value is -2.77. The first kappa shape index (κ1) is 57.9. The fourth-order valence-corrected chi connectivity index (χ4v) is 13.5. The summed E-state index contributed by atoms with van der Waals surface area (Å²) in [7, 11) is -0.731. The van der Waals surface area contributed by atoms with Gasteiger partial charge in [-0.3, -0.25) is 9.00 Å². The van der Waals surface area contributed by atoms with Crippen LogP contribution in [0.15, 0.2) is 18.2 Å². The van der Waals surface area contributed by atoms with Gasteiger partial charge >= 0.3 is 5.97 Å². The molecule has 1 aromatic carbocycles. The van der Waals surface area contributed by atoms with Crippen molar-refractivity contribution in [3.05, 3.63) is 23.8 Å². The maximum absolute atomic E-state index is 14.5. The van der Waals surface area contributed by atoms with Crippen LogP contribution in [-0.4, -0.2) is 272 Å². The number of rotatable bonds is 12. The Morgan fingerprint density at radius 3 is 1.88 bits per heavy atom. The summed E-state index contributed by atoms with van der Waals surface area (Å²) in [6.45, 7) is 4.56. The molecule has 1 spiro atoms. The zero-order chi connectivity index (χ0) is 55.2. The first-order valence-corrected chi connectivity index (χ1v) is 26.4. The number of carbonyl (C=O) groups is 2. The molecule has 30 atom stereocenters. The van der Waals surface area contributed by atoms with E-state index in [1.165, 1.54) is 46.1 Å². The lowest BCUT2D eigenvalue weighted by molar-refractivity contribution is -0.408. The Morgan fingerprint density at radius 1 is 0.711 bits per heavy atom. The number of phenolic OH excluding ortho intramolecular Hbond substituents is 1. The Morgan fingerprint density at radius 2 is 1.28 bits per heavy atom. The molecule has 8 aliphatic rings. The van der Waals surface area contributed by atoms with E-state index >= 15 is 0 Å². The second-order valence-corrected chi connectivity index (χ2v) is 22.6. The molecular weight excluding hydrogens is 1040 g/mol. The molecule has 1 aliphatic carbocycles. The van der Waals surface area contributed by atoms with Gasteiger partial charge in [0.05, 0.1) is 67.4 Å². The average Bonchev–Trinajstić information content (AvgIpc) is 3.93. The highest BCUT2D eigenvalue weighted by Gasteiger charge is 2.75. The molecule has 8 fully saturated rings. The molecule has 430 valence electrons. The van der Waals surface area contributed by atoms with E-state index in [1.807, 2.05) is 0 Å². The monoisotopic (exact) mass is 1110 g/mol. The van der Waals surface area contributed by atoms with E-state index in [1.54, 1.807) is 6.92 Å². The van der Waals surface area contributed by atoms with Crippen molar-refractivity contribution in [1.82, 2.24) is 0 Å². The third kappa shape index (κ3) is 10.1. The van der Waals surface area contributed by atoms with Crippen LogP contribution < -0.4 is 4.74 Å². The van der Waals surface area contributed by atoms with Crippen LogP contribution in [0.2, 0.25) is 0 Å². The van der Waals surface area contributed by atoms with Crippen LogP contribution in [0, 0.1) is 11.8 Å². The molecule has 28 nitrogen and oxygen atoms in total. The highest BCUT2D eigenvalue weighted by molar-refractivity contribution is 7.86. The lowest BCUT2D eigenvalue weighted by Crippen LogP contribution is -2.68. The van der Waals surface area contributed by atoms with Crippen LogP contribution in [0.25, 0.3) is 0 Å². The first-order valence-electron chi connectivity index (χ1n) is 25.0. The summed E-state index contributed by atoms with van der Waals surface area (Å²) in [6.07, 6.45) is -41.6. The molecule has 0 radical (unpaired) electrons. The number of aromatic hydroxyl groups is 1. The number of Topliss-reactive ketones (excluding diaryl/α,β-unsaturated/α-hetero) is 1. The van der Waals surface area contributed by atoms with Gasteiger partial charge in [-0.2, -0.15) is 0 Å². The predicted octanol–water partition coefficient (Wildman–Crippen LogP) is -6.37. The minimum atomic E-state index is -2.69. The lowest BCUT2D eigenvalue weighted by atomic mass is 9.70. The van der Waals surface area contributed by atoms with Crippen molar-refractivity contribution in [1.29, 1.82) is 0 Å². The van der Waals surface area contributed by atoms with E-state index in [0.717, 1.165) is 0 Å². The fourth-order valence-electron chi connectivity index (χ4n) is 11.4. The van der Waals surface area contributed by atoms with Gasteiger partial charge in [-0.25, -0.2) is 4.79 Å². The molecule has 1 aromatic rings. The number of esters is 1. The lowest BCUT2D eigenvalue weighted by Gasteiger charge is -2.50. The van der Waals surface area contributed by atoms with E-state index in [9.17, 15) is 80.2 Å². The molecule has 7 aliphatic heterocycles. The Balaban J connectivity index is 0.974. The quantitative estimate of drug-likeness (QED) is 0.0866. The maximum Gasteiger partial charge on any atom is 0.338 e. The number of benzene rings is 1. The van der Waals surface area contributed by atoms with Crippen molar-refractivity contribution in [2.75, 3.05) is 26.1 Å². The van der Waals surface area contributed by atoms with Crippen molar-refractivity contribution >= 4 is 22.6 Å². The number of phenols is 1. The predicted molar refractivity (Wildman–Crippen MR) is 244 cm³/mol. The third-order valence-electron chi connectivity index (χ3n) is 16.0. The molecule has 0 unspecified atom stereocenters. The van der Waals surface area contributed by atoms with Crippen LogP contribution in [0.4, 0.5) is 0 Å². The molecule has 1 saturated carbocycles. The van der Waals surface area contributed by atoms with E-state index in [2.05, 4.69) is 0 Å². The second-order valence-electron chi connectivity index (χ2n) is 20.9. The minimum absolute atomic E-state index is 0.00393. The highest BCUT2D eigenvalue weighted by Crippen LogP contribution is 2.54. The van der Waals surface area contributed by atoms with Crippen molar-refractivity contribution in [2.45, 2.75) is 204 Å². The Labute approximate surface area is 436 Å². The number of ether oxygens (including phenoxy) is 12. The van der Waals surface area contributed by atoms with Crippen LogP contribution in [0.3, 0.4) is 0 Å². The summed E-state index contributed by atoms with van der Waals surface area (Å²) in [5.74, 6) is -6.35. The number of hydrogen-bond acceptors (Lipinski definition) is 28. The standard InChI is InChI=1S/C47H68O28S/c1-14-12-65-46(10-22(14)69-40(60)18-6-7-20(49)21(8-18)64-5)45(61)47(62)25(50)9-19-24(13-76(63)38(19)39(47)75-46)71-43-36(32(57)28(53)17(4)68-43)73-44-37(74-42-34(59)31(56)27(52)16(3)67-42)35(29(54)23(11-48)70-44)72-41-33(58)30(55)26(51)15(2)66-41/h6-8,14-17,19,22-39,41-44,48-59,62H,9-13H2,1-5H3/t14-,15+,16+,17-,19-,22+,23-,24+,25+,26+,27+,28-,29-,30-,31-,32+,33-,34-,35+,36-,37-,38+,39-,41+,42+,43+,44+,46+,47-,76-/m1/s1. The normalized spacial score (nSPS) is 51.5. The van der Waals surface area contributed by atoms with E-state index in [0.29, 0.717) is 0 Å². The summed E-state index contributed by atoms with van der Waals surface area (Å²) >= 11 is 0. The third-order valence-corrected chi connectivity index (χ3v) is 17.9. The van der Waals surface area contributed by atoms with Crippen molar-refractivity contribution < 1.29 is 137 Å².